The summed E-state index contributed by atoms with van der Waals surface area (Å²) in [6.07, 6.45) is 2.42. The van der Waals surface area contributed by atoms with Gasteiger partial charge in [-0.1, -0.05) is 6.07 Å². The lowest BCUT2D eigenvalue weighted by Crippen LogP contribution is -2.51. The van der Waals surface area contributed by atoms with Crippen LogP contribution in [0.1, 0.15) is 24.6 Å². The van der Waals surface area contributed by atoms with Gasteiger partial charge in [0.1, 0.15) is 0 Å². The molecule has 0 aromatic carbocycles. The number of hydrogen-bond acceptors (Lipinski definition) is 4. The lowest BCUT2D eigenvalue weighted by atomic mass is 9.92. The number of fused-ring (bicyclic) bond motifs is 1. The lowest BCUT2D eigenvalue weighted by Gasteiger charge is -2.38. The zero-order valence-electron chi connectivity index (χ0n) is 14.8. The molecule has 1 aromatic rings. The maximum absolute atomic E-state index is 12.6. The Morgan fingerprint density at radius 1 is 1.38 bits per heavy atom. The zero-order valence-corrected chi connectivity index (χ0v) is 15.6. The van der Waals surface area contributed by atoms with Crippen molar-refractivity contribution in [2.45, 2.75) is 38.3 Å². The van der Waals surface area contributed by atoms with Crippen molar-refractivity contribution < 1.29 is 9.59 Å². The van der Waals surface area contributed by atoms with Crippen molar-refractivity contribution in [2.75, 3.05) is 33.7 Å². The monoisotopic (exact) mass is 349 g/mol. The van der Waals surface area contributed by atoms with Crippen LogP contribution in [0.3, 0.4) is 0 Å². The maximum atomic E-state index is 12.6. The number of thiophene rings is 1. The van der Waals surface area contributed by atoms with Crippen LogP contribution in [-0.4, -0.2) is 72.3 Å². The van der Waals surface area contributed by atoms with Crippen molar-refractivity contribution in [3.8, 4) is 0 Å². The SMILES string of the molecule is CC(=O)N1[C@H](CN(C)C)C[C@@H]2CN(C(=O)Cc3cccs3)CC[C@@H]21. The molecule has 2 saturated heterocycles. The Morgan fingerprint density at radius 3 is 2.79 bits per heavy atom. The van der Waals surface area contributed by atoms with Crippen molar-refractivity contribution in [1.29, 1.82) is 0 Å². The first-order chi connectivity index (χ1) is 11.5. The van der Waals surface area contributed by atoms with E-state index >= 15 is 0 Å². The van der Waals surface area contributed by atoms with Gasteiger partial charge in [-0.25, -0.2) is 0 Å². The highest BCUT2D eigenvalue weighted by Gasteiger charge is 2.45. The summed E-state index contributed by atoms with van der Waals surface area (Å²) >= 11 is 1.64. The van der Waals surface area contributed by atoms with Gasteiger partial charge in [-0.3, -0.25) is 9.59 Å². The molecule has 24 heavy (non-hydrogen) atoms. The van der Waals surface area contributed by atoms with E-state index in [0.29, 0.717) is 18.4 Å². The van der Waals surface area contributed by atoms with Crippen LogP contribution >= 0.6 is 11.3 Å². The molecule has 0 spiro atoms. The van der Waals surface area contributed by atoms with Crippen LogP contribution in [0.2, 0.25) is 0 Å². The molecule has 3 rings (SSSR count). The minimum Gasteiger partial charge on any atom is -0.342 e. The largest absolute Gasteiger partial charge is 0.342 e. The van der Waals surface area contributed by atoms with E-state index in [4.69, 9.17) is 0 Å². The van der Waals surface area contributed by atoms with Gasteiger partial charge < -0.3 is 14.7 Å². The molecule has 5 nitrogen and oxygen atoms in total. The number of hydrogen-bond donors (Lipinski definition) is 0. The second-order valence-electron chi connectivity index (χ2n) is 7.29. The Labute approximate surface area is 148 Å². The standard InChI is InChI=1S/C18H27N3O2S/c1-13(22)21-15(12-19(2)3)9-14-11-20(7-6-17(14)21)18(23)10-16-5-4-8-24-16/h4-5,8,14-15,17H,6-7,9-12H2,1-3H3/t14-,15+,17+/m1/s1. The average molecular weight is 350 g/mol. The molecule has 132 valence electrons. The van der Waals surface area contributed by atoms with Gasteiger partial charge in [0.25, 0.3) is 0 Å². The Morgan fingerprint density at radius 2 is 2.17 bits per heavy atom. The molecule has 0 aliphatic carbocycles. The predicted octanol–water partition coefficient (Wildman–Crippen LogP) is 1.69. The Bertz CT molecular complexity index is 587. The summed E-state index contributed by atoms with van der Waals surface area (Å²) < 4.78 is 0. The zero-order chi connectivity index (χ0) is 17.3. The van der Waals surface area contributed by atoms with E-state index in [1.54, 1.807) is 18.3 Å². The summed E-state index contributed by atoms with van der Waals surface area (Å²) in [5, 5.41) is 2.02. The molecular formula is C18H27N3O2S. The molecule has 0 unspecified atom stereocenters. The molecule has 0 radical (unpaired) electrons. The Balaban J connectivity index is 1.65. The number of carbonyl (C=O) groups is 2. The molecule has 3 atom stereocenters. The molecule has 1 aromatic heterocycles. The average Bonchev–Trinajstić information content (AvgIpc) is 3.12. The van der Waals surface area contributed by atoms with E-state index in [9.17, 15) is 9.59 Å². The highest BCUT2D eigenvalue weighted by atomic mass is 32.1. The number of amides is 2. The minimum atomic E-state index is 0.174. The second-order valence-corrected chi connectivity index (χ2v) is 8.32. The predicted molar refractivity (Wildman–Crippen MR) is 96.0 cm³/mol. The summed E-state index contributed by atoms with van der Waals surface area (Å²) in [5.74, 6) is 0.814. The van der Waals surface area contributed by atoms with Crippen molar-refractivity contribution in [1.82, 2.24) is 14.7 Å². The number of piperidine rings is 1. The van der Waals surface area contributed by atoms with E-state index in [0.717, 1.165) is 37.4 Å². The van der Waals surface area contributed by atoms with Crippen LogP contribution in [0.5, 0.6) is 0 Å². The lowest BCUT2D eigenvalue weighted by molar-refractivity contribution is -0.135. The van der Waals surface area contributed by atoms with Gasteiger partial charge in [0.05, 0.1) is 6.42 Å². The topological polar surface area (TPSA) is 43.9 Å². The summed E-state index contributed by atoms with van der Waals surface area (Å²) in [7, 11) is 4.11. The highest BCUT2D eigenvalue weighted by Crippen LogP contribution is 2.36. The molecule has 0 saturated carbocycles. The van der Waals surface area contributed by atoms with Crippen LogP contribution in [0.15, 0.2) is 17.5 Å². The Kier molecular flexibility index (Phi) is 5.25. The third-order valence-corrected chi connectivity index (χ3v) is 6.09. The summed E-state index contributed by atoms with van der Waals surface area (Å²) in [6.45, 7) is 4.14. The molecule has 6 heteroatoms. The molecule has 2 aliphatic rings. The normalized spacial score (nSPS) is 26.8. The van der Waals surface area contributed by atoms with Gasteiger partial charge in [-0.05, 0) is 44.3 Å². The molecule has 0 N–H and O–H groups in total. The third-order valence-electron chi connectivity index (χ3n) is 5.22. The fourth-order valence-electron chi connectivity index (χ4n) is 4.33. The van der Waals surface area contributed by atoms with Gasteiger partial charge in [0.2, 0.25) is 11.8 Å². The van der Waals surface area contributed by atoms with E-state index < -0.39 is 0 Å². The van der Waals surface area contributed by atoms with E-state index in [1.165, 1.54) is 0 Å². The summed E-state index contributed by atoms with van der Waals surface area (Å²) in [6, 6.07) is 4.60. The van der Waals surface area contributed by atoms with Gasteiger partial charge in [-0.15, -0.1) is 11.3 Å². The fraction of sp³-hybridized carbons (Fsp3) is 0.667. The molecule has 2 amide bonds. The van der Waals surface area contributed by atoms with Crippen LogP contribution in [0.25, 0.3) is 0 Å². The van der Waals surface area contributed by atoms with Gasteiger partial charge in [0.15, 0.2) is 0 Å². The highest BCUT2D eigenvalue weighted by molar-refractivity contribution is 7.10. The fourth-order valence-corrected chi connectivity index (χ4v) is 5.02. The molecule has 2 aliphatic heterocycles. The quantitative estimate of drug-likeness (QED) is 0.831. The van der Waals surface area contributed by atoms with Crippen LogP contribution in [-0.2, 0) is 16.0 Å². The van der Waals surface area contributed by atoms with Gasteiger partial charge in [-0.2, -0.15) is 0 Å². The molecule has 2 fully saturated rings. The Hall–Kier alpha value is -1.40. The van der Waals surface area contributed by atoms with E-state index in [2.05, 4.69) is 23.9 Å². The van der Waals surface area contributed by atoms with Crippen LogP contribution in [0, 0.1) is 5.92 Å². The van der Waals surface area contributed by atoms with Gasteiger partial charge in [0, 0.05) is 43.5 Å². The first kappa shape index (κ1) is 17.4. The van der Waals surface area contributed by atoms with E-state index in [1.807, 2.05) is 22.4 Å². The first-order valence-electron chi connectivity index (χ1n) is 8.69. The van der Waals surface area contributed by atoms with Crippen LogP contribution in [0.4, 0.5) is 0 Å². The minimum absolute atomic E-state index is 0.174. The van der Waals surface area contributed by atoms with Crippen molar-refractivity contribution in [2.24, 2.45) is 5.92 Å². The number of rotatable bonds is 4. The molecular weight excluding hydrogens is 322 g/mol. The number of likely N-dealkylation sites (tertiary alicyclic amines) is 2. The maximum Gasteiger partial charge on any atom is 0.227 e. The second kappa shape index (κ2) is 7.23. The molecule has 3 heterocycles. The van der Waals surface area contributed by atoms with Crippen molar-refractivity contribution in [3.05, 3.63) is 22.4 Å². The van der Waals surface area contributed by atoms with E-state index in [-0.39, 0.29) is 17.9 Å². The molecule has 0 bridgehead atoms. The summed E-state index contributed by atoms with van der Waals surface area (Å²) in [4.78, 5) is 32.1. The smallest absolute Gasteiger partial charge is 0.227 e. The van der Waals surface area contributed by atoms with Crippen molar-refractivity contribution >= 4 is 23.2 Å². The first-order valence-corrected chi connectivity index (χ1v) is 9.57. The van der Waals surface area contributed by atoms with Gasteiger partial charge >= 0.3 is 0 Å². The third kappa shape index (κ3) is 3.64. The van der Waals surface area contributed by atoms with Crippen LogP contribution < -0.4 is 0 Å². The summed E-state index contributed by atoms with van der Waals surface area (Å²) in [5.41, 5.74) is 0. The van der Waals surface area contributed by atoms with Crippen molar-refractivity contribution in [3.63, 3.8) is 0 Å². The number of likely N-dealkylation sites (N-methyl/N-ethyl adjacent to an activating group) is 1. The number of carbonyl (C=O) groups excluding carboxylic acids is 2. The number of nitrogens with zero attached hydrogens (tertiary/aromatic N) is 3.